The minimum absolute atomic E-state index is 0.0123. The molecule has 0 aromatic rings. The van der Waals surface area contributed by atoms with Crippen LogP contribution in [0.25, 0.3) is 0 Å². The van der Waals surface area contributed by atoms with Crippen LogP contribution in [-0.4, -0.2) is 67.0 Å². The van der Waals surface area contributed by atoms with Gasteiger partial charge in [0.2, 0.25) is 11.8 Å². The topological polar surface area (TPSA) is 79.0 Å². The molecule has 3 amide bonds. The van der Waals surface area contributed by atoms with Gasteiger partial charge in [0, 0.05) is 44.6 Å². The second-order valence-corrected chi connectivity index (χ2v) is 7.70. The molecule has 148 valence electrons. The summed E-state index contributed by atoms with van der Waals surface area (Å²) in [6, 6.07) is 0. The van der Waals surface area contributed by atoms with Gasteiger partial charge in [0.1, 0.15) is 0 Å². The molecule has 0 spiro atoms. The molecule has 1 aliphatic heterocycles. The number of carbonyl (C=O) groups excluding carboxylic acids is 3. The van der Waals surface area contributed by atoms with Gasteiger partial charge in [0.15, 0.2) is 0 Å². The van der Waals surface area contributed by atoms with Crippen molar-refractivity contribution in [3.8, 4) is 0 Å². The minimum Gasteiger partial charge on any atom is -0.450 e. The van der Waals surface area contributed by atoms with Crippen molar-refractivity contribution in [2.45, 2.75) is 46.5 Å². The fraction of sp³-hybridized carbons (Fsp3) is 0.842. The molecular formula is C19H33N3O4. The summed E-state index contributed by atoms with van der Waals surface area (Å²) in [5.74, 6) is 0.809. The van der Waals surface area contributed by atoms with Crippen molar-refractivity contribution < 1.29 is 19.1 Å². The molecule has 0 atom stereocenters. The van der Waals surface area contributed by atoms with Crippen molar-refractivity contribution >= 4 is 17.9 Å². The van der Waals surface area contributed by atoms with E-state index < -0.39 is 0 Å². The lowest BCUT2D eigenvalue weighted by Gasteiger charge is -2.37. The normalized spacial score (nSPS) is 23.7. The van der Waals surface area contributed by atoms with Gasteiger partial charge >= 0.3 is 6.09 Å². The van der Waals surface area contributed by atoms with E-state index in [9.17, 15) is 14.4 Å². The second-order valence-electron chi connectivity index (χ2n) is 7.70. The zero-order chi connectivity index (χ0) is 19.1. The average molecular weight is 367 g/mol. The predicted molar refractivity (Wildman–Crippen MR) is 98.5 cm³/mol. The molecule has 1 aliphatic carbocycles. The molecule has 0 bridgehead atoms. The summed E-state index contributed by atoms with van der Waals surface area (Å²) in [4.78, 5) is 40.2. The highest BCUT2D eigenvalue weighted by Crippen LogP contribution is 2.30. The van der Waals surface area contributed by atoms with Crippen LogP contribution in [0.5, 0.6) is 0 Å². The number of rotatable bonds is 5. The molecule has 0 aromatic carbocycles. The van der Waals surface area contributed by atoms with E-state index in [1.54, 1.807) is 11.8 Å². The molecule has 7 nitrogen and oxygen atoms in total. The Morgan fingerprint density at radius 2 is 1.50 bits per heavy atom. The van der Waals surface area contributed by atoms with Crippen molar-refractivity contribution in [2.75, 3.05) is 39.3 Å². The lowest BCUT2D eigenvalue weighted by atomic mass is 9.80. The fourth-order valence-corrected chi connectivity index (χ4v) is 3.63. The first-order valence-corrected chi connectivity index (χ1v) is 9.90. The van der Waals surface area contributed by atoms with Gasteiger partial charge in [-0.25, -0.2) is 4.79 Å². The number of nitrogens with one attached hydrogen (secondary N) is 1. The molecule has 2 aliphatic rings. The average Bonchev–Trinajstić information content (AvgIpc) is 2.66. The summed E-state index contributed by atoms with van der Waals surface area (Å²) < 4.78 is 5.01. The Kier molecular flexibility index (Phi) is 7.72. The van der Waals surface area contributed by atoms with E-state index in [-0.39, 0.29) is 29.7 Å². The van der Waals surface area contributed by atoms with Gasteiger partial charge in [0.25, 0.3) is 0 Å². The molecule has 7 heteroatoms. The third-order valence-electron chi connectivity index (χ3n) is 5.25. The Bertz CT molecular complexity index is 493. The van der Waals surface area contributed by atoms with Crippen LogP contribution in [0.1, 0.15) is 46.5 Å². The molecular weight excluding hydrogens is 334 g/mol. The highest BCUT2D eigenvalue weighted by molar-refractivity contribution is 5.81. The van der Waals surface area contributed by atoms with E-state index in [0.29, 0.717) is 45.2 Å². The third-order valence-corrected chi connectivity index (χ3v) is 5.25. The largest absolute Gasteiger partial charge is 0.450 e. The van der Waals surface area contributed by atoms with Crippen LogP contribution in [0, 0.1) is 17.8 Å². The highest BCUT2D eigenvalue weighted by Gasteiger charge is 2.33. The van der Waals surface area contributed by atoms with E-state index in [1.165, 1.54) is 0 Å². The van der Waals surface area contributed by atoms with Crippen molar-refractivity contribution in [1.29, 1.82) is 0 Å². The van der Waals surface area contributed by atoms with E-state index in [0.717, 1.165) is 25.7 Å². The number of nitrogens with zero attached hydrogens (tertiary/aromatic N) is 2. The maximum atomic E-state index is 12.7. The summed E-state index contributed by atoms with van der Waals surface area (Å²) in [5.41, 5.74) is 0. The molecule has 2 fully saturated rings. The number of amides is 3. The minimum atomic E-state index is -0.299. The maximum absolute atomic E-state index is 12.7. The van der Waals surface area contributed by atoms with Crippen molar-refractivity contribution in [2.24, 2.45) is 17.8 Å². The first-order chi connectivity index (χ1) is 12.4. The number of piperazine rings is 1. The second kappa shape index (κ2) is 9.78. The Hall–Kier alpha value is -1.79. The van der Waals surface area contributed by atoms with Crippen LogP contribution in [0.15, 0.2) is 0 Å². The predicted octanol–water partition coefficient (Wildman–Crippen LogP) is 1.87. The molecule has 1 N–H and O–H groups in total. The quantitative estimate of drug-likeness (QED) is 0.804. The van der Waals surface area contributed by atoms with Gasteiger partial charge in [-0.1, -0.05) is 13.8 Å². The molecule has 1 saturated heterocycles. The molecule has 26 heavy (non-hydrogen) atoms. The zero-order valence-electron chi connectivity index (χ0n) is 16.3. The Balaban J connectivity index is 1.73. The first-order valence-electron chi connectivity index (χ1n) is 9.90. The Labute approximate surface area is 156 Å². The SMILES string of the molecule is CCOC(=O)N1CCN(C(=O)C2CCC(C(=O)NCC(C)C)CC2)CC1. The fourth-order valence-electron chi connectivity index (χ4n) is 3.63. The number of carbonyl (C=O) groups is 3. The van der Waals surface area contributed by atoms with E-state index in [2.05, 4.69) is 19.2 Å². The number of hydrogen-bond donors (Lipinski definition) is 1. The summed E-state index contributed by atoms with van der Waals surface area (Å²) in [5, 5.41) is 3.00. The lowest BCUT2D eigenvalue weighted by molar-refractivity contribution is -0.139. The van der Waals surface area contributed by atoms with Gasteiger partial charge in [-0.2, -0.15) is 0 Å². The smallest absolute Gasteiger partial charge is 0.409 e. The zero-order valence-corrected chi connectivity index (χ0v) is 16.3. The van der Waals surface area contributed by atoms with Crippen LogP contribution in [0.4, 0.5) is 4.79 Å². The first kappa shape index (κ1) is 20.5. The molecule has 0 radical (unpaired) electrons. The standard InChI is InChI=1S/C19H33N3O4/c1-4-26-19(25)22-11-9-21(10-12-22)18(24)16-7-5-15(6-8-16)17(23)20-13-14(2)3/h14-16H,4-13H2,1-3H3,(H,20,23). The lowest BCUT2D eigenvalue weighted by Crippen LogP contribution is -2.52. The van der Waals surface area contributed by atoms with Crippen molar-refractivity contribution in [3.63, 3.8) is 0 Å². The third kappa shape index (κ3) is 5.61. The summed E-state index contributed by atoms with van der Waals surface area (Å²) in [6.07, 6.45) is 2.81. The van der Waals surface area contributed by atoms with Crippen LogP contribution < -0.4 is 5.32 Å². The molecule has 1 heterocycles. The van der Waals surface area contributed by atoms with Gasteiger partial charge in [-0.3, -0.25) is 9.59 Å². The van der Waals surface area contributed by atoms with Crippen molar-refractivity contribution in [1.82, 2.24) is 15.1 Å². The molecule has 1 saturated carbocycles. The Morgan fingerprint density at radius 1 is 0.962 bits per heavy atom. The molecule has 2 rings (SSSR count). The van der Waals surface area contributed by atoms with Crippen LogP contribution in [0.3, 0.4) is 0 Å². The summed E-state index contributed by atoms with van der Waals surface area (Å²) in [7, 11) is 0. The van der Waals surface area contributed by atoms with Gasteiger partial charge in [-0.15, -0.1) is 0 Å². The highest BCUT2D eigenvalue weighted by atomic mass is 16.6. The van der Waals surface area contributed by atoms with Gasteiger partial charge in [-0.05, 0) is 38.5 Å². The van der Waals surface area contributed by atoms with E-state index in [4.69, 9.17) is 4.74 Å². The van der Waals surface area contributed by atoms with E-state index >= 15 is 0 Å². The number of ether oxygens (including phenoxy) is 1. The van der Waals surface area contributed by atoms with Crippen LogP contribution in [0.2, 0.25) is 0 Å². The number of hydrogen-bond acceptors (Lipinski definition) is 4. The molecule has 0 aromatic heterocycles. The van der Waals surface area contributed by atoms with Gasteiger partial charge in [0.05, 0.1) is 6.61 Å². The van der Waals surface area contributed by atoms with E-state index in [1.807, 2.05) is 4.90 Å². The van der Waals surface area contributed by atoms with Crippen LogP contribution in [-0.2, 0) is 14.3 Å². The Morgan fingerprint density at radius 3 is 2.04 bits per heavy atom. The van der Waals surface area contributed by atoms with Crippen LogP contribution >= 0.6 is 0 Å². The summed E-state index contributed by atoms with van der Waals surface area (Å²) >= 11 is 0. The van der Waals surface area contributed by atoms with Crippen molar-refractivity contribution in [3.05, 3.63) is 0 Å². The summed E-state index contributed by atoms with van der Waals surface area (Å²) in [6.45, 7) is 9.20. The maximum Gasteiger partial charge on any atom is 0.409 e. The van der Waals surface area contributed by atoms with Gasteiger partial charge < -0.3 is 19.9 Å². The molecule has 0 unspecified atom stereocenters. The monoisotopic (exact) mass is 367 g/mol.